The second kappa shape index (κ2) is 5.06. The largest absolute Gasteiger partial charge is 0.344 e. The Morgan fingerprint density at radius 1 is 1.56 bits per heavy atom. The number of hydrogen-bond acceptors (Lipinski definition) is 2. The predicted octanol–water partition coefficient (Wildman–Crippen LogP) is 1.55. The zero-order chi connectivity index (χ0) is 13.3. The number of rotatable bonds is 2. The molecule has 0 radical (unpaired) electrons. The van der Waals surface area contributed by atoms with Crippen molar-refractivity contribution in [3.8, 4) is 0 Å². The van der Waals surface area contributed by atoms with Crippen LogP contribution in [-0.2, 0) is 4.79 Å². The minimum atomic E-state index is -0.516. The van der Waals surface area contributed by atoms with Gasteiger partial charge in [-0.1, -0.05) is 6.07 Å². The third-order valence-electron chi connectivity index (χ3n) is 2.93. The number of halogens is 2. The summed E-state index contributed by atoms with van der Waals surface area (Å²) in [6.07, 6.45) is 0.577. The van der Waals surface area contributed by atoms with Crippen LogP contribution in [-0.4, -0.2) is 36.3 Å². The maximum absolute atomic E-state index is 13.3. The topological polar surface area (TPSA) is 49.4 Å². The summed E-state index contributed by atoms with van der Waals surface area (Å²) in [5.74, 6) is -1.07. The Morgan fingerprint density at radius 3 is 2.89 bits per heavy atom. The van der Waals surface area contributed by atoms with E-state index in [0.29, 0.717) is 13.0 Å². The van der Waals surface area contributed by atoms with E-state index in [4.69, 9.17) is 0 Å². The Bertz CT molecular complexity index is 507. The summed E-state index contributed by atoms with van der Waals surface area (Å²) in [7, 11) is 1.69. The molecule has 6 heteroatoms. The summed E-state index contributed by atoms with van der Waals surface area (Å²) < 4.78 is 13.4. The summed E-state index contributed by atoms with van der Waals surface area (Å²) in [6.45, 7) is 0.619. The van der Waals surface area contributed by atoms with Gasteiger partial charge in [0.05, 0.1) is 10.0 Å². The molecule has 1 saturated heterocycles. The molecule has 4 nitrogen and oxygen atoms in total. The summed E-state index contributed by atoms with van der Waals surface area (Å²) in [6, 6.07) is 3.70. The fourth-order valence-electron chi connectivity index (χ4n) is 1.87. The van der Waals surface area contributed by atoms with Crippen molar-refractivity contribution in [2.24, 2.45) is 0 Å². The van der Waals surface area contributed by atoms with Crippen molar-refractivity contribution in [3.05, 3.63) is 34.1 Å². The SMILES string of the molecule is CN1CCC(NC(=O)c2cccc(F)c2Br)C1=O. The van der Waals surface area contributed by atoms with Gasteiger partial charge in [0.25, 0.3) is 5.91 Å². The molecule has 0 spiro atoms. The van der Waals surface area contributed by atoms with Gasteiger partial charge in [0.2, 0.25) is 5.91 Å². The molecule has 1 fully saturated rings. The van der Waals surface area contributed by atoms with Gasteiger partial charge in [0.1, 0.15) is 11.9 Å². The second-order valence-electron chi connectivity index (χ2n) is 4.18. The van der Waals surface area contributed by atoms with E-state index >= 15 is 0 Å². The Kier molecular flexibility index (Phi) is 3.65. The van der Waals surface area contributed by atoms with Crippen LogP contribution in [0.15, 0.2) is 22.7 Å². The number of benzene rings is 1. The van der Waals surface area contributed by atoms with Gasteiger partial charge in [0, 0.05) is 13.6 Å². The lowest BCUT2D eigenvalue weighted by Crippen LogP contribution is -2.40. The number of nitrogens with one attached hydrogen (secondary N) is 1. The monoisotopic (exact) mass is 314 g/mol. The van der Waals surface area contributed by atoms with Crippen molar-refractivity contribution in [1.82, 2.24) is 10.2 Å². The van der Waals surface area contributed by atoms with Crippen LogP contribution in [0.5, 0.6) is 0 Å². The lowest BCUT2D eigenvalue weighted by molar-refractivity contribution is -0.128. The Morgan fingerprint density at radius 2 is 2.28 bits per heavy atom. The maximum atomic E-state index is 13.3. The average molecular weight is 315 g/mol. The van der Waals surface area contributed by atoms with Gasteiger partial charge in [-0.05, 0) is 34.5 Å². The van der Waals surface area contributed by atoms with E-state index in [2.05, 4.69) is 21.2 Å². The van der Waals surface area contributed by atoms with Gasteiger partial charge in [-0.3, -0.25) is 9.59 Å². The highest BCUT2D eigenvalue weighted by Gasteiger charge is 2.30. The zero-order valence-electron chi connectivity index (χ0n) is 9.74. The molecule has 1 aromatic rings. The van der Waals surface area contributed by atoms with Crippen LogP contribution in [0.3, 0.4) is 0 Å². The molecule has 96 valence electrons. The molecule has 18 heavy (non-hydrogen) atoms. The molecule has 2 amide bonds. The summed E-state index contributed by atoms with van der Waals surface area (Å²) in [4.78, 5) is 25.2. The first-order valence-electron chi connectivity index (χ1n) is 5.50. The molecular formula is C12H12BrFN2O2. The summed E-state index contributed by atoms with van der Waals surface area (Å²) in [5.41, 5.74) is 0.192. The molecule has 1 N–H and O–H groups in total. The average Bonchev–Trinajstić information content (AvgIpc) is 2.64. The minimum Gasteiger partial charge on any atom is -0.344 e. The van der Waals surface area contributed by atoms with Gasteiger partial charge >= 0.3 is 0 Å². The van der Waals surface area contributed by atoms with Crippen molar-refractivity contribution in [2.75, 3.05) is 13.6 Å². The molecule has 0 aromatic heterocycles. The lowest BCUT2D eigenvalue weighted by Gasteiger charge is -2.13. The minimum absolute atomic E-state index is 0.112. The second-order valence-corrected chi connectivity index (χ2v) is 4.97. The van der Waals surface area contributed by atoms with Gasteiger partial charge in [-0.2, -0.15) is 0 Å². The molecule has 1 aliphatic rings. The van der Waals surface area contributed by atoms with Crippen LogP contribution in [0.25, 0.3) is 0 Å². The van der Waals surface area contributed by atoms with E-state index in [1.54, 1.807) is 11.9 Å². The molecule has 1 atom stereocenters. The molecule has 0 bridgehead atoms. The van der Waals surface area contributed by atoms with E-state index in [-0.39, 0.29) is 15.9 Å². The number of nitrogens with zero attached hydrogens (tertiary/aromatic N) is 1. The van der Waals surface area contributed by atoms with Crippen LogP contribution in [0, 0.1) is 5.82 Å². The van der Waals surface area contributed by atoms with Crippen LogP contribution in [0.1, 0.15) is 16.8 Å². The van der Waals surface area contributed by atoms with Gasteiger partial charge in [-0.15, -0.1) is 0 Å². The van der Waals surface area contributed by atoms with Crippen molar-refractivity contribution in [3.63, 3.8) is 0 Å². The highest BCUT2D eigenvalue weighted by atomic mass is 79.9. The number of likely N-dealkylation sites (N-methyl/N-ethyl adjacent to an activating group) is 1. The normalized spacial score (nSPS) is 19.2. The Labute approximate surface area is 112 Å². The van der Waals surface area contributed by atoms with Crippen molar-refractivity contribution in [2.45, 2.75) is 12.5 Å². The molecule has 1 unspecified atom stereocenters. The van der Waals surface area contributed by atoms with Gasteiger partial charge < -0.3 is 10.2 Å². The first-order valence-corrected chi connectivity index (χ1v) is 6.30. The van der Waals surface area contributed by atoms with E-state index in [0.717, 1.165) is 0 Å². The Hall–Kier alpha value is -1.43. The standard InChI is InChI=1S/C12H12BrFN2O2/c1-16-6-5-9(12(16)18)15-11(17)7-3-2-4-8(14)10(7)13/h2-4,9H,5-6H2,1H3,(H,15,17). The molecule has 0 aliphatic carbocycles. The molecule has 2 rings (SSSR count). The number of amides is 2. The van der Waals surface area contributed by atoms with E-state index in [9.17, 15) is 14.0 Å². The molecule has 0 saturated carbocycles. The number of hydrogen-bond donors (Lipinski definition) is 1. The van der Waals surface area contributed by atoms with Crippen molar-refractivity contribution < 1.29 is 14.0 Å². The third-order valence-corrected chi connectivity index (χ3v) is 3.74. The van der Waals surface area contributed by atoms with E-state index in [1.807, 2.05) is 0 Å². The van der Waals surface area contributed by atoms with Crippen LogP contribution in [0.2, 0.25) is 0 Å². The lowest BCUT2D eigenvalue weighted by atomic mass is 10.2. The number of carbonyl (C=O) groups excluding carboxylic acids is 2. The fraction of sp³-hybridized carbons (Fsp3) is 0.333. The number of carbonyl (C=O) groups is 2. The highest BCUT2D eigenvalue weighted by Crippen LogP contribution is 2.21. The third kappa shape index (κ3) is 2.38. The quantitative estimate of drug-likeness (QED) is 0.900. The van der Waals surface area contributed by atoms with Crippen molar-refractivity contribution >= 4 is 27.7 Å². The summed E-state index contributed by atoms with van der Waals surface area (Å²) >= 11 is 3.03. The first kappa shape index (κ1) is 13.0. The fourth-order valence-corrected chi connectivity index (χ4v) is 2.32. The molecule has 1 aliphatic heterocycles. The van der Waals surface area contributed by atoms with Crippen LogP contribution in [0.4, 0.5) is 4.39 Å². The predicted molar refractivity (Wildman–Crippen MR) is 67.6 cm³/mol. The molecular weight excluding hydrogens is 303 g/mol. The highest BCUT2D eigenvalue weighted by molar-refractivity contribution is 9.10. The molecule has 1 heterocycles. The Balaban J connectivity index is 2.13. The van der Waals surface area contributed by atoms with Gasteiger partial charge in [-0.25, -0.2) is 4.39 Å². The first-order chi connectivity index (χ1) is 8.50. The van der Waals surface area contributed by atoms with E-state index < -0.39 is 17.8 Å². The zero-order valence-corrected chi connectivity index (χ0v) is 11.3. The molecule has 1 aromatic carbocycles. The smallest absolute Gasteiger partial charge is 0.253 e. The summed E-state index contributed by atoms with van der Waals surface area (Å²) in [5, 5.41) is 2.62. The van der Waals surface area contributed by atoms with E-state index in [1.165, 1.54) is 18.2 Å². The van der Waals surface area contributed by atoms with Gasteiger partial charge in [0.15, 0.2) is 0 Å². The van der Waals surface area contributed by atoms with Crippen LogP contribution >= 0.6 is 15.9 Å². The number of likely N-dealkylation sites (tertiary alicyclic amines) is 1. The maximum Gasteiger partial charge on any atom is 0.253 e. The van der Waals surface area contributed by atoms with Crippen LogP contribution < -0.4 is 5.32 Å². The van der Waals surface area contributed by atoms with Crippen molar-refractivity contribution in [1.29, 1.82) is 0 Å².